The number of piperidine rings is 2. The number of nitrogens with zero attached hydrogens (tertiary/aromatic N) is 3. The van der Waals surface area contributed by atoms with Crippen LogP contribution in [-0.4, -0.2) is 81.0 Å². The molecule has 0 saturated carbocycles. The molecule has 2 aliphatic heterocycles. The third kappa shape index (κ3) is 4.17. The molecule has 0 bridgehead atoms. The molecule has 2 aliphatic rings. The summed E-state index contributed by atoms with van der Waals surface area (Å²) in [6.45, 7) is 2.61. The summed E-state index contributed by atoms with van der Waals surface area (Å²) in [5, 5.41) is 0. The first-order valence-corrected chi connectivity index (χ1v) is 9.54. The van der Waals surface area contributed by atoms with Crippen molar-refractivity contribution in [1.82, 2.24) is 14.1 Å². The molecule has 0 aromatic heterocycles. The number of sulfonamides is 1. The van der Waals surface area contributed by atoms with Crippen molar-refractivity contribution >= 4 is 15.9 Å². The van der Waals surface area contributed by atoms with E-state index in [2.05, 4.69) is 19.0 Å². The van der Waals surface area contributed by atoms with Gasteiger partial charge in [0.2, 0.25) is 15.9 Å². The van der Waals surface area contributed by atoms with E-state index in [9.17, 15) is 13.2 Å². The molecule has 0 aromatic rings. The van der Waals surface area contributed by atoms with Gasteiger partial charge in [-0.05, 0) is 39.8 Å². The van der Waals surface area contributed by atoms with E-state index in [0.29, 0.717) is 32.0 Å². The predicted octanol–water partition coefficient (Wildman–Crippen LogP) is 0.211. The molecule has 2 rings (SSSR count). The first-order chi connectivity index (χ1) is 9.79. The molecular formula is C14H27N3O3S. The molecule has 0 aromatic carbocycles. The van der Waals surface area contributed by atoms with Gasteiger partial charge in [-0.3, -0.25) is 4.79 Å². The SMILES string of the molecule is CN(C)C1CCN(C(=O)C2CCN(S(C)(=O)=O)CC2)CC1. The van der Waals surface area contributed by atoms with E-state index in [-0.39, 0.29) is 11.8 Å². The second kappa shape index (κ2) is 6.62. The highest BCUT2D eigenvalue weighted by Gasteiger charge is 2.33. The maximum atomic E-state index is 12.5. The van der Waals surface area contributed by atoms with E-state index >= 15 is 0 Å². The predicted molar refractivity (Wildman–Crippen MR) is 82.4 cm³/mol. The molecule has 2 heterocycles. The van der Waals surface area contributed by atoms with Gasteiger partial charge in [-0.25, -0.2) is 12.7 Å². The summed E-state index contributed by atoms with van der Waals surface area (Å²) in [6.07, 6.45) is 4.60. The fraction of sp³-hybridized carbons (Fsp3) is 0.929. The van der Waals surface area contributed by atoms with Crippen LogP contribution in [0.4, 0.5) is 0 Å². The van der Waals surface area contributed by atoms with Crippen LogP contribution in [-0.2, 0) is 14.8 Å². The van der Waals surface area contributed by atoms with Crippen LogP contribution >= 0.6 is 0 Å². The second-order valence-electron chi connectivity index (χ2n) is 6.46. The van der Waals surface area contributed by atoms with Gasteiger partial charge in [0.25, 0.3) is 0 Å². The number of likely N-dealkylation sites (tertiary alicyclic amines) is 1. The highest BCUT2D eigenvalue weighted by atomic mass is 32.2. The third-order valence-electron chi connectivity index (χ3n) is 4.78. The summed E-state index contributed by atoms with van der Waals surface area (Å²) in [5.74, 6) is 0.222. The Kier molecular flexibility index (Phi) is 5.27. The van der Waals surface area contributed by atoms with Crippen LogP contribution in [0.1, 0.15) is 25.7 Å². The number of hydrogen-bond donors (Lipinski definition) is 0. The fourth-order valence-electron chi connectivity index (χ4n) is 3.30. The van der Waals surface area contributed by atoms with Gasteiger partial charge in [-0.2, -0.15) is 0 Å². The average Bonchev–Trinajstić information content (AvgIpc) is 2.46. The first kappa shape index (κ1) is 16.7. The van der Waals surface area contributed by atoms with Gasteiger partial charge in [-0.15, -0.1) is 0 Å². The second-order valence-corrected chi connectivity index (χ2v) is 8.44. The Hall–Kier alpha value is -0.660. The van der Waals surface area contributed by atoms with Crippen LogP contribution in [0.3, 0.4) is 0 Å². The monoisotopic (exact) mass is 317 g/mol. The fourth-order valence-corrected chi connectivity index (χ4v) is 4.17. The number of carbonyl (C=O) groups is 1. The zero-order chi connectivity index (χ0) is 15.6. The van der Waals surface area contributed by atoms with Gasteiger partial charge >= 0.3 is 0 Å². The Morgan fingerprint density at radius 3 is 1.95 bits per heavy atom. The molecule has 2 fully saturated rings. The van der Waals surface area contributed by atoms with Gasteiger partial charge in [0.1, 0.15) is 0 Å². The molecule has 21 heavy (non-hydrogen) atoms. The molecule has 0 atom stereocenters. The Morgan fingerprint density at radius 2 is 1.52 bits per heavy atom. The van der Waals surface area contributed by atoms with Gasteiger partial charge in [-0.1, -0.05) is 0 Å². The van der Waals surface area contributed by atoms with E-state index < -0.39 is 10.0 Å². The highest BCUT2D eigenvalue weighted by molar-refractivity contribution is 7.88. The summed E-state index contributed by atoms with van der Waals surface area (Å²) >= 11 is 0. The molecule has 0 N–H and O–H groups in total. The van der Waals surface area contributed by atoms with E-state index in [1.165, 1.54) is 10.6 Å². The van der Waals surface area contributed by atoms with Crippen LogP contribution in [0.25, 0.3) is 0 Å². The van der Waals surface area contributed by atoms with E-state index in [4.69, 9.17) is 0 Å². The summed E-state index contributed by atoms with van der Waals surface area (Å²) in [6, 6.07) is 0.570. The average molecular weight is 317 g/mol. The summed E-state index contributed by atoms with van der Waals surface area (Å²) in [7, 11) is 1.06. The zero-order valence-electron chi connectivity index (χ0n) is 13.3. The van der Waals surface area contributed by atoms with Crippen molar-refractivity contribution in [2.75, 3.05) is 46.5 Å². The van der Waals surface area contributed by atoms with E-state index in [1.54, 1.807) is 0 Å². The van der Waals surface area contributed by atoms with Crippen LogP contribution in [0.15, 0.2) is 0 Å². The lowest BCUT2D eigenvalue weighted by atomic mass is 9.94. The minimum atomic E-state index is -3.11. The molecule has 0 spiro atoms. The van der Waals surface area contributed by atoms with Crippen molar-refractivity contribution in [2.24, 2.45) is 5.92 Å². The Balaban J connectivity index is 1.83. The maximum Gasteiger partial charge on any atom is 0.225 e. The number of amides is 1. The lowest BCUT2D eigenvalue weighted by Crippen LogP contribution is -2.48. The molecule has 0 radical (unpaired) electrons. The molecule has 0 aliphatic carbocycles. The van der Waals surface area contributed by atoms with Crippen molar-refractivity contribution in [2.45, 2.75) is 31.7 Å². The Bertz CT molecular complexity index is 462. The minimum Gasteiger partial charge on any atom is -0.342 e. The molecule has 122 valence electrons. The summed E-state index contributed by atoms with van der Waals surface area (Å²) in [5.41, 5.74) is 0. The number of rotatable bonds is 3. The van der Waals surface area contributed by atoms with Gasteiger partial charge in [0.05, 0.1) is 6.26 Å². The smallest absolute Gasteiger partial charge is 0.225 e. The lowest BCUT2D eigenvalue weighted by Gasteiger charge is -2.38. The summed E-state index contributed by atoms with van der Waals surface area (Å²) in [4.78, 5) is 16.7. The maximum absolute atomic E-state index is 12.5. The standard InChI is InChI=1S/C14H27N3O3S/c1-15(2)13-6-8-16(9-7-13)14(18)12-4-10-17(11-5-12)21(3,19)20/h12-13H,4-11H2,1-3H3. The number of carbonyl (C=O) groups excluding carboxylic acids is 1. The van der Waals surface area contributed by atoms with Crippen LogP contribution < -0.4 is 0 Å². The van der Waals surface area contributed by atoms with Crippen molar-refractivity contribution in [3.63, 3.8) is 0 Å². The van der Waals surface area contributed by atoms with Crippen LogP contribution in [0.5, 0.6) is 0 Å². The van der Waals surface area contributed by atoms with Crippen molar-refractivity contribution < 1.29 is 13.2 Å². The Morgan fingerprint density at radius 1 is 1.00 bits per heavy atom. The van der Waals surface area contributed by atoms with Crippen molar-refractivity contribution in [1.29, 1.82) is 0 Å². The largest absolute Gasteiger partial charge is 0.342 e. The third-order valence-corrected chi connectivity index (χ3v) is 6.08. The first-order valence-electron chi connectivity index (χ1n) is 7.69. The normalized spacial score (nSPS) is 23.7. The zero-order valence-corrected chi connectivity index (χ0v) is 14.1. The quantitative estimate of drug-likeness (QED) is 0.747. The van der Waals surface area contributed by atoms with Gasteiger partial charge in [0.15, 0.2) is 0 Å². The molecule has 2 saturated heterocycles. The minimum absolute atomic E-state index is 0.00101. The van der Waals surface area contributed by atoms with E-state index in [0.717, 1.165) is 25.9 Å². The Labute approximate surface area is 128 Å². The molecule has 1 amide bonds. The van der Waals surface area contributed by atoms with Crippen molar-refractivity contribution in [3.05, 3.63) is 0 Å². The van der Waals surface area contributed by atoms with E-state index in [1.807, 2.05) is 4.90 Å². The van der Waals surface area contributed by atoms with Gasteiger partial charge in [0, 0.05) is 38.1 Å². The number of hydrogen-bond acceptors (Lipinski definition) is 4. The van der Waals surface area contributed by atoms with Gasteiger partial charge < -0.3 is 9.80 Å². The topological polar surface area (TPSA) is 60.9 Å². The lowest BCUT2D eigenvalue weighted by molar-refractivity contribution is -0.138. The summed E-state index contributed by atoms with van der Waals surface area (Å²) < 4.78 is 24.5. The molecule has 6 nitrogen and oxygen atoms in total. The molecular weight excluding hydrogens is 290 g/mol. The van der Waals surface area contributed by atoms with Crippen LogP contribution in [0.2, 0.25) is 0 Å². The molecule has 7 heteroatoms. The van der Waals surface area contributed by atoms with Crippen molar-refractivity contribution in [3.8, 4) is 0 Å². The van der Waals surface area contributed by atoms with Crippen LogP contribution in [0, 0.1) is 5.92 Å². The highest BCUT2D eigenvalue weighted by Crippen LogP contribution is 2.23. The molecule has 0 unspecified atom stereocenters.